The highest BCUT2D eigenvalue weighted by molar-refractivity contribution is 5.98. The Morgan fingerprint density at radius 3 is 2.75 bits per heavy atom. The summed E-state index contributed by atoms with van der Waals surface area (Å²) >= 11 is 0. The smallest absolute Gasteiger partial charge is 0.251 e. The molecule has 2 N–H and O–H groups in total. The molecular formula is C16H19ClN2O. The number of rotatable bonds is 3. The maximum atomic E-state index is 12.1. The van der Waals surface area contributed by atoms with Gasteiger partial charge >= 0.3 is 0 Å². The van der Waals surface area contributed by atoms with Gasteiger partial charge in [0.1, 0.15) is 0 Å². The second-order valence-electron chi connectivity index (χ2n) is 5.07. The molecule has 1 saturated heterocycles. The number of hydrogen-bond donors (Lipinski definition) is 2. The fourth-order valence-corrected chi connectivity index (χ4v) is 2.58. The van der Waals surface area contributed by atoms with Crippen molar-refractivity contribution in [2.45, 2.75) is 18.9 Å². The first kappa shape index (κ1) is 14.8. The normalized spacial score (nSPS) is 17.7. The van der Waals surface area contributed by atoms with Crippen molar-refractivity contribution in [2.24, 2.45) is 0 Å². The van der Waals surface area contributed by atoms with Crippen LogP contribution in [0.3, 0.4) is 0 Å². The van der Waals surface area contributed by atoms with Gasteiger partial charge in [-0.15, -0.1) is 12.4 Å². The van der Waals surface area contributed by atoms with Crippen LogP contribution in [0.2, 0.25) is 0 Å². The SMILES string of the molecule is Cl.O=C(NCC1CCCN1)c1ccc2ccccc2c1. The van der Waals surface area contributed by atoms with Crippen LogP contribution in [0.5, 0.6) is 0 Å². The molecule has 2 aromatic rings. The average molecular weight is 291 g/mol. The van der Waals surface area contributed by atoms with Crippen LogP contribution in [0.25, 0.3) is 10.8 Å². The van der Waals surface area contributed by atoms with Gasteiger partial charge in [-0.2, -0.15) is 0 Å². The quantitative estimate of drug-likeness (QED) is 0.913. The fraction of sp³-hybridized carbons (Fsp3) is 0.312. The van der Waals surface area contributed by atoms with Gasteiger partial charge in [-0.1, -0.05) is 30.3 Å². The molecule has 0 spiro atoms. The number of nitrogens with one attached hydrogen (secondary N) is 2. The van der Waals surface area contributed by atoms with Crippen molar-refractivity contribution in [1.29, 1.82) is 0 Å². The summed E-state index contributed by atoms with van der Waals surface area (Å²) in [7, 11) is 0. The highest BCUT2D eigenvalue weighted by Gasteiger charge is 2.15. The van der Waals surface area contributed by atoms with E-state index in [2.05, 4.69) is 16.7 Å². The maximum absolute atomic E-state index is 12.1. The van der Waals surface area contributed by atoms with E-state index < -0.39 is 0 Å². The second-order valence-corrected chi connectivity index (χ2v) is 5.07. The Kier molecular flexibility index (Phi) is 4.99. The van der Waals surface area contributed by atoms with E-state index in [1.165, 1.54) is 6.42 Å². The molecule has 0 radical (unpaired) electrons. The lowest BCUT2D eigenvalue weighted by Crippen LogP contribution is -2.37. The average Bonchev–Trinajstić information content (AvgIpc) is 2.97. The number of hydrogen-bond acceptors (Lipinski definition) is 2. The molecule has 20 heavy (non-hydrogen) atoms. The summed E-state index contributed by atoms with van der Waals surface area (Å²) in [4.78, 5) is 12.1. The molecule has 0 bridgehead atoms. The predicted octanol–water partition coefficient (Wildman–Crippen LogP) is 2.74. The molecular weight excluding hydrogens is 272 g/mol. The number of carbonyl (C=O) groups is 1. The summed E-state index contributed by atoms with van der Waals surface area (Å²) in [5, 5.41) is 8.65. The third-order valence-corrected chi connectivity index (χ3v) is 3.68. The molecule has 3 nitrogen and oxygen atoms in total. The Morgan fingerprint density at radius 1 is 1.20 bits per heavy atom. The lowest BCUT2D eigenvalue weighted by atomic mass is 10.1. The number of fused-ring (bicyclic) bond motifs is 1. The molecule has 1 atom stereocenters. The van der Waals surface area contributed by atoms with Gasteiger partial charge in [0, 0.05) is 18.2 Å². The third-order valence-electron chi connectivity index (χ3n) is 3.68. The van der Waals surface area contributed by atoms with Gasteiger partial charge in [0.25, 0.3) is 5.91 Å². The lowest BCUT2D eigenvalue weighted by Gasteiger charge is -2.11. The third kappa shape index (κ3) is 3.30. The molecule has 1 heterocycles. The first-order valence-corrected chi connectivity index (χ1v) is 6.83. The van der Waals surface area contributed by atoms with Gasteiger partial charge in [0.2, 0.25) is 0 Å². The van der Waals surface area contributed by atoms with Crippen molar-refractivity contribution in [1.82, 2.24) is 10.6 Å². The summed E-state index contributed by atoms with van der Waals surface area (Å²) in [6.45, 7) is 1.78. The Balaban J connectivity index is 0.00000147. The number of halogens is 1. The molecule has 1 unspecified atom stereocenters. The van der Waals surface area contributed by atoms with Gasteiger partial charge in [0.15, 0.2) is 0 Å². The fourth-order valence-electron chi connectivity index (χ4n) is 2.58. The van der Waals surface area contributed by atoms with E-state index in [9.17, 15) is 4.79 Å². The molecule has 1 amide bonds. The largest absolute Gasteiger partial charge is 0.350 e. The van der Waals surface area contributed by atoms with Crippen LogP contribution in [-0.2, 0) is 0 Å². The summed E-state index contributed by atoms with van der Waals surface area (Å²) in [6.07, 6.45) is 2.36. The zero-order valence-electron chi connectivity index (χ0n) is 11.3. The first-order valence-electron chi connectivity index (χ1n) is 6.83. The van der Waals surface area contributed by atoms with E-state index in [1.807, 2.05) is 36.4 Å². The summed E-state index contributed by atoms with van der Waals surface area (Å²) in [6, 6.07) is 14.4. The van der Waals surface area contributed by atoms with Crippen molar-refractivity contribution in [3.8, 4) is 0 Å². The van der Waals surface area contributed by atoms with Crippen molar-refractivity contribution in [3.63, 3.8) is 0 Å². The Hall–Kier alpha value is -1.58. The van der Waals surface area contributed by atoms with Gasteiger partial charge in [-0.3, -0.25) is 4.79 Å². The zero-order chi connectivity index (χ0) is 13.1. The molecule has 3 rings (SSSR count). The standard InChI is InChI=1S/C16H18N2O.ClH/c19-16(18-11-15-6-3-9-17-15)14-8-7-12-4-1-2-5-13(12)10-14;/h1-2,4-5,7-8,10,15,17H,3,6,9,11H2,(H,18,19);1H. The van der Waals surface area contributed by atoms with Crippen LogP contribution in [0.15, 0.2) is 42.5 Å². The van der Waals surface area contributed by atoms with Crippen LogP contribution in [0.4, 0.5) is 0 Å². The topological polar surface area (TPSA) is 41.1 Å². The van der Waals surface area contributed by atoms with E-state index >= 15 is 0 Å². The number of benzene rings is 2. The van der Waals surface area contributed by atoms with Crippen LogP contribution in [0.1, 0.15) is 23.2 Å². The molecule has 2 aromatic carbocycles. The van der Waals surface area contributed by atoms with Crippen LogP contribution in [-0.4, -0.2) is 25.0 Å². The summed E-state index contributed by atoms with van der Waals surface area (Å²) in [5.74, 6) is 0.0134. The van der Waals surface area contributed by atoms with Crippen molar-refractivity contribution in [2.75, 3.05) is 13.1 Å². The number of amides is 1. The second kappa shape index (κ2) is 6.73. The van der Waals surface area contributed by atoms with Crippen molar-refractivity contribution in [3.05, 3.63) is 48.0 Å². The summed E-state index contributed by atoms with van der Waals surface area (Å²) < 4.78 is 0. The van der Waals surface area contributed by atoms with Gasteiger partial charge in [-0.25, -0.2) is 0 Å². The van der Waals surface area contributed by atoms with Gasteiger partial charge < -0.3 is 10.6 Å². The Labute approximate surface area is 125 Å². The predicted molar refractivity (Wildman–Crippen MR) is 84.6 cm³/mol. The zero-order valence-corrected chi connectivity index (χ0v) is 12.1. The van der Waals surface area contributed by atoms with E-state index in [0.29, 0.717) is 12.6 Å². The lowest BCUT2D eigenvalue weighted by molar-refractivity contribution is 0.0950. The van der Waals surface area contributed by atoms with E-state index in [1.54, 1.807) is 0 Å². The molecule has 0 aromatic heterocycles. The molecule has 1 aliphatic rings. The molecule has 1 fully saturated rings. The van der Waals surface area contributed by atoms with Crippen LogP contribution in [0, 0.1) is 0 Å². The molecule has 106 valence electrons. The van der Waals surface area contributed by atoms with E-state index in [0.717, 1.165) is 29.3 Å². The van der Waals surface area contributed by atoms with E-state index in [-0.39, 0.29) is 18.3 Å². The minimum absolute atomic E-state index is 0. The van der Waals surface area contributed by atoms with Crippen molar-refractivity contribution >= 4 is 29.1 Å². The molecule has 4 heteroatoms. The maximum Gasteiger partial charge on any atom is 0.251 e. The Morgan fingerprint density at radius 2 is 2.00 bits per heavy atom. The highest BCUT2D eigenvalue weighted by Crippen LogP contribution is 2.15. The molecule has 0 saturated carbocycles. The first-order chi connectivity index (χ1) is 9.33. The Bertz CT molecular complexity index is 594. The van der Waals surface area contributed by atoms with E-state index in [4.69, 9.17) is 0 Å². The monoisotopic (exact) mass is 290 g/mol. The van der Waals surface area contributed by atoms with Gasteiger partial charge in [-0.05, 0) is 42.3 Å². The minimum Gasteiger partial charge on any atom is -0.350 e. The highest BCUT2D eigenvalue weighted by atomic mass is 35.5. The number of carbonyl (C=O) groups excluding carboxylic acids is 1. The summed E-state index contributed by atoms with van der Waals surface area (Å²) in [5.41, 5.74) is 0.733. The van der Waals surface area contributed by atoms with Gasteiger partial charge in [0.05, 0.1) is 0 Å². The van der Waals surface area contributed by atoms with Crippen molar-refractivity contribution < 1.29 is 4.79 Å². The minimum atomic E-state index is 0. The van der Waals surface area contributed by atoms with Crippen LogP contribution >= 0.6 is 12.4 Å². The molecule has 0 aliphatic carbocycles. The van der Waals surface area contributed by atoms with Crippen LogP contribution < -0.4 is 10.6 Å². The molecule has 1 aliphatic heterocycles.